The Balaban J connectivity index is 1.84. The van der Waals surface area contributed by atoms with Crippen molar-refractivity contribution < 1.29 is 24.4 Å². The lowest BCUT2D eigenvalue weighted by Gasteiger charge is -2.11. The third-order valence-electron chi connectivity index (χ3n) is 2.45. The van der Waals surface area contributed by atoms with Gasteiger partial charge in [0.1, 0.15) is 0 Å². The third-order valence-corrected chi connectivity index (χ3v) is 2.45. The van der Waals surface area contributed by atoms with E-state index >= 15 is 0 Å². The summed E-state index contributed by atoms with van der Waals surface area (Å²) in [6.07, 6.45) is 0.213. The maximum Gasteiger partial charge on any atom is 0.256 e. The van der Waals surface area contributed by atoms with Crippen molar-refractivity contribution in [1.29, 1.82) is 0 Å². The van der Waals surface area contributed by atoms with Gasteiger partial charge in [-0.25, -0.2) is 5.48 Å². The summed E-state index contributed by atoms with van der Waals surface area (Å²) in [6.45, 7) is 0. The maximum absolute atomic E-state index is 11.2. The van der Waals surface area contributed by atoms with E-state index in [1.54, 1.807) is 0 Å². The Morgan fingerprint density at radius 2 is 1.74 bits per heavy atom. The van der Waals surface area contributed by atoms with E-state index in [-0.39, 0.29) is 12.8 Å². The molecule has 3 N–H and O–H groups in total. The van der Waals surface area contributed by atoms with Crippen LogP contribution in [0.25, 0.3) is 0 Å². The summed E-state index contributed by atoms with van der Waals surface area (Å²) in [7, 11) is 0. The predicted octanol–water partition coefficient (Wildman–Crippen LogP) is 0.125. The molecule has 0 unspecified atom stereocenters. The van der Waals surface area contributed by atoms with Crippen molar-refractivity contribution >= 4 is 23.4 Å². The van der Waals surface area contributed by atoms with Gasteiger partial charge in [0.25, 0.3) is 11.8 Å². The number of carbonyl (C=O) groups excluding carboxylic acids is 3. The van der Waals surface area contributed by atoms with Crippen LogP contribution in [0.5, 0.6) is 0 Å². The number of hydrogen-bond acceptors (Lipinski definition) is 6. The number of anilines is 1. The third kappa shape index (κ3) is 3.06. The van der Waals surface area contributed by atoms with Crippen molar-refractivity contribution in [3.05, 3.63) is 29.8 Å². The fraction of sp³-hybridized carbons (Fsp3) is 0.182. The van der Waals surface area contributed by atoms with Gasteiger partial charge in [0.2, 0.25) is 5.91 Å². The van der Waals surface area contributed by atoms with Gasteiger partial charge in [-0.05, 0) is 24.3 Å². The lowest BCUT2D eigenvalue weighted by Crippen LogP contribution is -2.30. The standard InChI is InChI=1S/C11H11N3O5/c12-11(17)7-1-3-8(4-2-7)13-18-19-14-9(15)5-6-10(14)16/h1-4,13H,5-6H2,(H2,12,17). The maximum atomic E-state index is 11.2. The van der Waals surface area contributed by atoms with Crippen LogP contribution in [0.2, 0.25) is 0 Å². The first-order chi connectivity index (χ1) is 9.08. The van der Waals surface area contributed by atoms with E-state index in [0.29, 0.717) is 16.3 Å². The van der Waals surface area contributed by atoms with E-state index in [2.05, 4.69) is 15.5 Å². The molecule has 2 rings (SSSR count). The molecule has 0 radical (unpaired) electrons. The first kappa shape index (κ1) is 13.0. The fourth-order valence-electron chi connectivity index (χ4n) is 1.45. The van der Waals surface area contributed by atoms with Gasteiger partial charge < -0.3 is 5.73 Å². The molecular formula is C11H11N3O5. The molecule has 8 nitrogen and oxygen atoms in total. The molecule has 1 aliphatic rings. The summed E-state index contributed by atoms with van der Waals surface area (Å²) < 4.78 is 0. The Morgan fingerprint density at radius 3 is 2.26 bits per heavy atom. The van der Waals surface area contributed by atoms with Crippen LogP contribution in [0.3, 0.4) is 0 Å². The first-order valence-corrected chi connectivity index (χ1v) is 5.43. The molecule has 8 heteroatoms. The SMILES string of the molecule is NC(=O)c1ccc(NOON2C(=O)CCC2=O)cc1. The average molecular weight is 265 g/mol. The predicted molar refractivity (Wildman–Crippen MR) is 61.8 cm³/mol. The Labute approximate surface area is 107 Å². The minimum absolute atomic E-state index is 0.107. The molecule has 1 fully saturated rings. The zero-order chi connectivity index (χ0) is 13.8. The molecule has 1 aromatic carbocycles. The lowest BCUT2D eigenvalue weighted by atomic mass is 10.2. The number of amides is 3. The number of benzene rings is 1. The monoisotopic (exact) mass is 265 g/mol. The molecule has 3 amide bonds. The molecule has 0 atom stereocenters. The van der Waals surface area contributed by atoms with Crippen molar-refractivity contribution in [2.45, 2.75) is 12.8 Å². The van der Waals surface area contributed by atoms with Gasteiger partial charge in [0.15, 0.2) is 0 Å². The van der Waals surface area contributed by atoms with E-state index in [1.165, 1.54) is 24.3 Å². The minimum atomic E-state index is -0.544. The van der Waals surface area contributed by atoms with E-state index in [1.807, 2.05) is 0 Å². The topological polar surface area (TPSA) is 111 Å². The Morgan fingerprint density at radius 1 is 1.16 bits per heavy atom. The second-order valence-electron chi connectivity index (χ2n) is 3.78. The van der Waals surface area contributed by atoms with Crippen molar-refractivity contribution in [1.82, 2.24) is 5.06 Å². The van der Waals surface area contributed by atoms with Crippen LogP contribution < -0.4 is 11.2 Å². The summed E-state index contributed by atoms with van der Waals surface area (Å²) in [4.78, 5) is 42.3. The highest BCUT2D eigenvalue weighted by atomic mass is 17.3. The van der Waals surface area contributed by atoms with E-state index in [4.69, 9.17) is 5.73 Å². The van der Waals surface area contributed by atoms with Crippen molar-refractivity contribution in [3.63, 3.8) is 0 Å². The average Bonchev–Trinajstić information content (AvgIpc) is 2.71. The molecule has 0 saturated carbocycles. The summed E-state index contributed by atoms with van der Waals surface area (Å²) in [5.41, 5.74) is 8.24. The Bertz CT molecular complexity index is 498. The number of nitrogens with one attached hydrogen (secondary N) is 1. The van der Waals surface area contributed by atoms with E-state index in [0.717, 1.165) is 0 Å². The highest BCUT2D eigenvalue weighted by molar-refractivity contribution is 6.00. The molecular weight excluding hydrogens is 254 g/mol. The molecule has 0 aliphatic carbocycles. The van der Waals surface area contributed by atoms with Gasteiger partial charge in [0.05, 0.1) is 5.69 Å². The number of imide groups is 1. The highest BCUT2D eigenvalue weighted by Crippen LogP contribution is 2.13. The van der Waals surface area contributed by atoms with Crippen LogP contribution in [-0.2, 0) is 19.6 Å². The smallest absolute Gasteiger partial charge is 0.256 e. The van der Waals surface area contributed by atoms with Crippen LogP contribution in [-0.4, -0.2) is 22.8 Å². The van der Waals surface area contributed by atoms with Crippen LogP contribution in [0.15, 0.2) is 24.3 Å². The van der Waals surface area contributed by atoms with Crippen LogP contribution in [0.1, 0.15) is 23.2 Å². The van der Waals surface area contributed by atoms with Gasteiger partial charge in [0, 0.05) is 18.4 Å². The quantitative estimate of drug-likeness (QED) is 0.444. The summed E-state index contributed by atoms with van der Waals surface area (Å²) in [5, 5.41) is 0.546. The number of carbonyl (C=O) groups is 3. The highest BCUT2D eigenvalue weighted by Gasteiger charge is 2.31. The zero-order valence-electron chi connectivity index (χ0n) is 9.79. The number of primary amides is 1. The minimum Gasteiger partial charge on any atom is -0.366 e. The summed E-state index contributed by atoms with van der Waals surface area (Å²) in [5.74, 6) is -1.47. The normalized spacial score (nSPS) is 14.8. The summed E-state index contributed by atoms with van der Waals surface area (Å²) >= 11 is 0. The molecule has 1 saturated heterocycles. The van der Waals surface area contributed by atoms with Crippen molar-refractivity contribution in [2.24, 2.45) is 5.73 Å². The number of hydrogen-bond donors (Lipinski definition) is 2. The molecule has 1 aliphatic heterocycles. The zero-order valence-corrected chi connectivity index (χ0v) is 9.79. The Kier molecular flexibility index (Phi) is 3.74. The number of nitrogens with two attached hydrogens (primary N) is 1. The molecule has 1 aromatic rings. The van der Waals surface area contributed by atoms with E-state index < -0.39 is 17.7 Å². The van der Waals surface area contributed by atoms with Gasteiger partial charge in [-0.1, -0.05) is 9.98 Å². The van der Waals surface area contributed by atoms with Crippen LogP contribution >= 0.6 is 0 Å². The lowest BCUT2D eigenvalue weighted by molar-refractivity contribution is -0.378. The largest absolute Gasteiger partial charge is 0.366 e. The van der Waals surface area contributed by atoms with Crippen LogP contribution in [0.4, 0.5) is 5.69 Å². The summed E-state index contributed by atoms with van der Waals surface area (Å²) in [6, 6.07) is 6.02. The van der Waals surface area contributed by atoms with Gasteiger partial charge >= 0.3 is 0 Å². The second kappa shape index (κ2) is 5.46. The number of hydroxylamine groups is 2. The number of rotatable bonds is 5. The molecule has 1 heterocycles. The molecule has 100 valence electrons. The Hall–Kier alpha value is -2.45. The van der Waals surface area contributed by atoms with Gasteiger partial charge in [-0.15, -0.1) is 5.06 Å². The molecule has 19 heavy (non-hydrogen) atoms. The van der Waals surface area contributed by atoms with Crippen molar-refractivity contribution in [3.8, 4) is 0 Å². The molecule has 0 spiro atoms. The second-order valence-corrected chi connectivity index (χ2v) is 3.78. The number of nitrogens with zero attached hydrogens (tertiary/aromatic N) is 1. The fourth-order valence-corrected chi connectivity index (χ4v) is 1.45. The molecule has 0 bridgehead atoms. The van der Waals surface area contributed by atoms with Crippen molar-refractivity contribution in [2.75, 3.05) is 5.48 Å². The van der Waals surface area contributed by atoms with E-state index in [9.17, 15) is 14.4 Å². The van der Waals surface area contributed by atoms with Crippen LogP contribution in [0, 0.1) is 0 Å². The molecule has 0 aromatic heterocycles. The first-order valence-electron chi connectivity index (χ1n) is 5.43. The van der Waals surface area contributed by atoms with Gasteiger partial charge in [-0.3, -0.25) is 14.4 Å². The van der Waals surface area contributed by atoms with Gasteiger partial charge in [-0.2, -0.15) is 0 Å².